The zero-order valence-electron chi connectivity index (χ0n) is 10.4. The van der Waals surface area contributed by atoms with Gasteiger partial charge in [0.15, 0.2) is 0 Å². The van der Waals surface area contributed by atoms with Crippen molar-refractivity contribution in [2.24, 2.45) is 0 Å². The molecular weight excluding hydrogens is 238 g/mol. The second-order valence-electron chi connectivity index (χ2n) is 4.17. The SMILES string of the molecule is COC(=O)CN(Cc1ccccc1Cl)C(C)C. The van der Waals surface area contributed by atoms with Crippen LogP contribution in [0.25, 0.3) is 0 Å². The molecule has 1 rings (SSSR count). The van der Waals surface area contributed by atoms with Gasteiger partial charge in [-0.2, -0.15) is 0 Å². The second kappa shape index (κ2) is 6.62. The minimum atomic E-state index is -0.231. The lowest BCUT2D eigenvalue weighted by Gasteiger charge is -2.25. The first-order chi connectivity index (χ1) is 8.04. The Kier molecular flexibility index (Phi) is 5.45. The minimum absolute atomic E-state index is 0.231. The summed E-state index contributed by atoms with van der Waals surface area (Å²) in [5.74, 6) is -0.231. The molecular formula is C13H18ClNO2. The number of methoxy groups -OCH3 is 1. The number of hydrogen-bond acceptors (Lipinski definition) is 3. The summed E-state index contributed by atoms with van der Waals surface area (Å²) in [5, 5.41) is 0.725. The minimum Gasteiger partial charge on any atom is -0.468 e. The molecule has 3 nitrogen and oxygen atoms in total. The fourth-order valence-corrected chi connectivity index (χ4v) is 1.69. The van der Waals surface area contributed by atoms with Crippen molar-refractivity contribution in [3.63, 3.8) is 0 Å². The maximum Gasteiger partial charge on any atom is 0.319 e. The van der Waals surface area contributed by atoms with Gasteiger partial charge >= 0.3 is 5.97 Å². The Bertz CT molecular complexity index is 379. The van der Waals surface area contributed by atoms with E-state index in [1.54, 1.807) is 0 Å². The van der Waals surface area contributed by atoms with Crippen LogP contribution in [-0.2, 0) is 16.1 Å². The van der Waals surface area contributed by atoms with E-state index in [9.17, 15) is 4.79 Å². The molecule has 0 radical (unpaired) electrons. The third-order valence-electron chi connectivity index (χ3n) is 2.62. The van der Waals surface area contributed by atoms with E-state index < -0.39 is 0 Å². The van der Waals surface area contributed by atoms with E-state index in [1.807, 2.05) is 43.0 Å². The first-order valence-corrected chi connectivity index (χ1v) is 5.96. The molecule has 0 fully saturated rings. The standard InChI is InChI=1S/C13H18ClNO2/c1-10(2)15(9-13(16)17-3)8-11-6-4-5-7-12(11)14/h4-7,10H,8-9H2,1-3H3. The van der Waals surface area contributed by atoms with Gasteiger partial charge < -0.3 is 4.74 Å². The van der Waals surface area contributed by atoms with Crippen LogP contribution in [0.4, 0.5) is 0 Å². The highest BCUT2D eigenvalue weighted by Crippen LogP contribution is 2.18. The molecule has 94 valence electrons. The summed E-state index contributed by atoms with van der Waals surface area (Å²) in [4.78, 5) is 13.3. The van der Waals surface area contributed by atoms with Crippen LogP contribution in [-0.4, -0.2) is 30.6 Å². The van der Waals surface area contributed by atoms with E-state index in [0.717, 1.165) is 10.6 Å². The number of halogens is 1. The first-order valence-electron chi connectivity index (χ1n) is 5.59. The molecule has 0 unspecified atom stereocenters. The molecule has 0 aliphatic heterocycles. The van der Waals surface area contributed by atoms with Gasteiger partial charge in [-0.3, -0.25) is 9.69 Å². The monoisotopic (exact) mass is 255 g/mol. The number of ether oxygens (including phenoxy) is 1. The molecule has 1 aromatic rings. The van der Waals surface area contributed by atoms with Crippen molar-refractivity contribution in [3.8, 4) is 0 Å². The highest BCUT2D eigenvalue weighted by Gasteiger charge is 2.15. The number of esters is 1. The van der Waals surface area contributed by atoms with Crippen LogP contribution in [0.2, 0.25) is 5.02 Å². The summed E-state index contributed by atoms with van der Waals surface area (Å²) in [6.07, 6.45) is 0. The van der Waals surface area contributed by atoms with Crippen molar-refractivity contribution in [1.82, 2.24) is 4.90 Å². The molecule has 1 aromatic carbocycles. The average molecular weight is 256 g/mol. The van der Waals surface area contributed by atoms with Gasteiger partial charge in [0, 0.05) is 17.6 Å². The Balaban J connectivity index is 2.74. The van der Waals surface area contributed by atoms with Crippen molar-refractivity contribution in [3.05, 3.63) is 34.9 Å². The van der Waals surface area contributed by atoms with Crippen molar-refractivity contribution in [2.75, 3.05) is 13.7 Å². The zero-order chi connectivity index (χ0) is 12.8. The number of carbonyl (C=O) groups excluding carboxylic acids is 1. The van der Waals surface area contributed by atoms with Crippen molar-refractivity contribution in [1.29, 1.82) is 0 Å². The summed E-state index contributed by atoms with van der Waals surface area (Å²) < 4.78 is 4.69. The van der Waals surface area contributed by atoms with Crippen molar-refractivity contribution >= 4 is 17.6 Å². The Hall–Kier alpha value is -1.06. The molecule has 0 amide bonds. The van der Waals surface area contributed by atoms with E-state index in [-0.39, 0.29) is 18.6 Å². The van der Waals surface area contributed by atoms with Gasteiger partial charge in [0.1, 0.15) is 0 Å². The van der Waals surface area contributed by atoms with Gasteiger partial charge in [-0.25, -0.2) is 0 Å². The maximum atomic E-state index is 11.3. The molecule has 0 aliphatic carbocycles. The van der Waals surface area contributed by atoms with Crippen LogP contribution in [0.15, 0.2) is 24.3 Å². The lowest BCUT2D eigenvalue weighted by Crippen LogP contribution is -2.35. The molecule has 4 heteroatoms. The molecule has 0 spiro atoms. The number of hydrogen-bond donors (Lipinski definition) is 0. The molecule has 0 bridgehead atoms. The number of benzene rings is 1. The Morgan fingerprint density at radius 2 is 2.06 bits per heavy atom. The topological polar surface area (TPSA) is 29.5 Å². The summed E-state index contributed by atoms with van der Waals surface area (Å²) >= 11 is 6.10. The smallest absolute Gasteiger partial charge is 0.319 e. The molecule has 0 aromatic heterocycles. The molecule has 0 saturated heterocycles. The molecule has 0 N–H and O–H groups in total. The lowest BCUT2D eigenvalue weighted by molar-refractivity contribution is -0.142. The summed E-state index contributed by atoms with van der Waals surface area (Å²) in [6.45, 7) is 5.01. The average Bonchev–Trinajstić information content (AvgIpc) is 2.30. The van der Waals surface area contributed by atoms with Crippen LogP contribution in [0.1, 0.15) is 19.4 Å². The summed E-state index contributed by atoms with van der Waals surface area (Å²) in [7, 11) is 1.40. The summed E-state index contributed by atoms with van der Waals surface area (Å²) in [6, 6.07) is 7.91. The van der Waals surface area contributed by atoms with E-state index >= 15 is 0 Å². The van der Waals surface area contributed by atoms with Crippen LogP contribution < -0.4 is 0 Å². The Labute approximate surface area is 107 Å². The molecule has 0 saturated carbocycles. The van der Waals surface area contributed by atoms with Gasteiger partial charge in [0.25, 0.3) is 0 Å². The predicted octanol–water partition coefficient (Wildman–Crippen LogP) is 2.72. The van der Waals surface area contributed by atoms with Crippen LogP contribution in [0.3, 0.4) is 0 Å². The molecule has 0 aliphatic rings. The third kappa shape index (κ3) is 4.36. The molecule has 0 heterocycles. The molecule has 17 heavy (non-hydrogen) atoms. The van der Waals surface area contributed by atoms with Crippen LogP contribution in [0.5, 0.6) is 0 Å². The van der Waals surface area contributed by atoms with Gasteiger partial charge in [0.2, 0.25) is 0 Å². The third-order valence-corrected chi connectivity index (χ3v) is 2.99. The van der Waals surface area contributed by atoms with Crippen molar-refractivity contribution < 1.29 is 9.53 Å². The Morgan fingerprint density at radius 3 is 2.59 bits per heavy atom. The largest absolute Gasteiger partial charge is 0.468 e. The van der Waals surface area contributed by atoms with Crippen LogP contribution in [0, 0.1) is 0 Å². The van der Waals surface area contributed by atoms with Gasteiger partial charge in [0.05, 0.1) is 13.7 Å². The van der Waals surface area contributed by atoms with Gasteiger partial charge in [-0.15, -0.1) is 0 Å². The van der Waals surface area contributed by atoms with Gasteiger partial charge in [-0.05, 0) is 25.5 Å². The lowest BCUT2D eigenvalue weighted by atomic mass is 10.2. The normalized spacial score (nSPS) is 10.9. The predicted molar refractivity (Wildman–Crippen MR) is 69.0 cm³/mol. The van der Waals surface area contributed by atoms with Crippen molar-refractivity contribution in [2.45, 2.75) is 26.4 Å². The fraction of sp³-hybridized carbons (Fsp3) is 0.462. The highest BCUT2D eigenvalue weighted by atomic mass is 35.5. The van der Waals surface area contributed by atoms with Gasteiger partial charge in [-0.1, -0.05) is 29.8 Å². The number of nitrogens with zero attached hydrogens (tertiary/aromatic N) is 1. The van der Waals surface area contributed by atoms with E-state index in [1.165, 1.54) is 7.11 Å². The highest BCUT2D eigenvalue weighted by molar-refractivity contribution is 6.31. The van der Waals surface area contributed by atoms with Crippen LogP contribution >= 0.6 is 11.6 Å². The zero-order valence-corrected chi connectivity index (χ0v) is 11.2. The Morgan fingerprint density at radius 1 is 1.41 bits per heavy atom. The summed E-state index contributed by atoms with van der Waals surface area (Å²) in [5.41, 5.74) is 1.02. The quantitative estimate of drug-likeness (QED) is 0.758. The second-order valence-corrected chi connectivity index (χ2v) is 4.57. The number of carbonyl (C=O) groups is 1. The van der Waals surface area contributed by atoms with E-state index in [0.29, 0.717) is 6.54 Å². The van der Waals surface area contributed by atoms with E-state index in [4.69, 9.17) is 11.6 Å². The van der Waals surface area contributed by atoms with E-state index in [2.05, 4.69) is 4.74 Å². The maximum absolute atomic E-state index is 11.3. The molecule has 0 atom stereocenters. The fourth-order valence-electron chi connectivity index (χ4n) is 1.50. The first kappa shape index (κ1) is 14.0. The number of rotatable bonds is 5.